The van der Waals surface area contributed by atoms with Crippen LogP contribution in [0.1, 0.15) is 0 Å². The Kier molecular flexibility index (Phi) is 6.02. The van der Waals surface area contributed by atoms with Gasteiger partial charge in [0.2, 0.25) is 16.0 Å². The highest BCUT2D eigenvalue weighted by Crippen LogP contribution is 2.21. The lowest BCUT2D eigenvalue weighted by Gasteiger charge is -2.10. The normalized spacial score (nSPS) is 11.0. The van der Waals surface area contributed by atoms with Crippen LogP contribution in [-0.2, 0) is 10.0 Å². The van der Waals surface area contributed by atoms with Crippen molar-refractivity contribution >= 4 is 39.2 Å². The highest BCUT2D eigenvalue weighted by atomic mass is 35.5. The van der Waals surface area contributed by atoms with E-state index in [9.17, 15) is 8.42 Å². The first-order valence-electron chi connectivity index (χ1n) is 7.00. The Balaban J connectivity index is 0.00000208. The zero-order valence-corrected chi connectivity index (χ0v) is 14.2. The van der Waals surface area contributed by atoms with Crippen molar-refractivity contribution in [3.63, 3.8) is 0 Å². The van der Waals surface area contributed by atoms with Crippen molar-refractivity contribution in [3.8, 4) is 0 Å². The molecule has 24 heavy (non-hydrogen) atoms. The largest absolute Gasteiger partial charge is 0.353 e. The van der Waals surface area contributed by atoms with Crippen LogP contribution in [0.15, 0.2) is 60.0 Å². The molecule has 0 fully saturated rings. The summed E-state index contributed by atoms with van der Waals surface area (Å²) in [6.45, 7) is 0.609. The molecule has 2 heterocycles. The Morgan fingerprint density at radius 3 is 2.54 bits per heavy atom. The summed E-state index contributed by atoms with van der Waals surface area (Å²) in [6.07, 6.45) is 6.45. The number of hydrogen-bond donors (Lipinski definition) is 2. The van der Waals surface area contributed by atoms with E-state index >= 15 is 0 Å². The Labute approximate surface area is 146 Å². The summed E-state index contributed by atoms with van der Waals surface area (Å²) in [6, 6.07) is 8.52. The van der Waals surface area contributed by atoms with Crippen molar-refractivity contribution in [1.29, 1.82) is 0 Å². The van der Waals surface area contributed by atoms with Gasteiger partial charge in [-0.2, -0.15) is 0 Å². The maximum atomic E-state index is 12.5. The molecule has 0 spiro atoms. The number of aromatic nitrogens is 3. The summed E-state index contributed by atoms with van der Waals surface area (Å²) in [7, 11) is -3.60. The Hall–Kier alpha value is -2.29. The summed E-state index contributed by atoms with van der Waals surface area (Å²) in [4.78, 5) is 12.3. The Morgan fingerprint density at radius 1 is 0.958 bits per heavy atom. The van der Waals surface area contributed by atoms with Gasteiger partial charge < -0.3 is 5.32 Å². The van der Waals surface area contributed by atoms with Gasteiger partial charge in [0.25, 0.3) is 0 Å². The molecule has 0 bridgehead atoms. The fraction of sp³-hybridized carbons (Fsp3) is 0.133. The Morgan fingerprint density at radius 2 is 1.75 bits per heavy atom. The van der Waals surface area contributed by atoms with Crippen LogP contribution in [0.2, 0.25) is 0 Å². The van der Waals surface area contributed by atoms with Crippen molar-refractivity contribution in [3.05, 3.63) is 55.1 Å². The SMILES string of the molecule is Cl.O=S(=O)(NCCNc1ncccn1)c1cccc2cnccc12. The van der Waals surface area contributed by atoms with Gasteiger partial charge >= 0.3 is 0 Å². The molecule has 0 unspecified atom stereocenters. The van der Waals surface area contributed by atoms with Crippen LogP contribution in [0, 0.1) is 0 Å². The summed E-state index contributed by atoms with van der Waals surface area (Å²) in [5.74, 6) is 0.461. The highest BCUT2D eigenvalue weighted by molar-refractivity contribution is 7.89. The molecule has 0 saturated heterocycles. The molecule has 7 nitrogen and oxygen atoms in total. The maximum absolute atomic E-state index is 12.5. The molecule has 0 atom stereocenters. The first-order chi connectivity index (χ1) is 11.2. The van der Waals surface area contributed by atoms with Crippen LogP contribution in [-0.4, -0.2) is 36.5 Å². The predicted molar refractivity (Wildman–Crippen MR) is 94.7 cm³/mol. The number of rotatable bonds is 6. The van der Waals surface area contributed by atoms with E-state index in [1.165, 1.54) is 0 Å². The minimum absolute atomic E-state index is 0. The van der Waals surface area contributed by atoms with Crippen molar-refractivity contribution < 1.29 is 8.42 Å². The summed E-state index contributed by atoms with van der Waals surface area (Å²) < 4.78 is 27.5. The van der Waals surface area contributed by atoms with Gasteiger partial charge in [0.15, 0.2) is 0 Å². The van der Waals surface area contributed by atoms with Gasteiger partial charge in [-0.1, -0.05) is 12.1 Å². The van der Waals surface area contributed by atoms with E-state index in [1.54, 1.807) is 49.1 Å². The van der Waals surface area contributed by atoms with Gasteiger partial charge in [-0.05, 0) is 18.2 Å². The van der Waals surface area contributed by atoms with Crippen molar-refractivity contribution in [2.75, 3.05) is 18.4 Å². The van der Waals surface area contributed by atoms with Crippen LogP contribution in [0.3, 0.4) is 0 Å². The zero-order valence-electron chi connectivity index (χ0n) is 12.6. The maximum Gasteiger partial charge on any atom is 0.241 e. The summed E-state index contributed by atoms with van der Waals surface area (Å²) in [5, 5.41) is 4.38. The molecule has 0 amide bonds. The van der Waals surface area contributed by atoms with Crippen molar-refractivity contribution in [2.45, 2.75) is 4.90 Å². The second kappa shape index (κ2) is 8.00. The molecule has 126 valence electrons. The quantitative estimate of drug-likeness (QED) is 0.647. The van der Waals surface area contributed by atoms with E-state index in [0.717, 1.165) is 5.39 Å². The fourth-order valence-corrected chi connectivity index (χ4v) is 3.41. The smallest absolute Gasteiger partial charge is 0.241 e. The van der Waals surface area contributed by atoms with Crippen LogP contribution < -0.4 is 10.0 Å². The van der Waals surface area contributed by atoms with Gasteiger partial charge in [-0.15, -0.1) is 12.4 Å². The molecule has 0 aliphatic heterocycles. The number of nitrogens with zero attached hydrogens (tertiary/aromatic N) is 3. The third-order valence-electron chi connectivity index (χ3n) is 3.20. The molecule has 2 aromatic heterocycles. The van der Waals surface area contributed by atoms with E-state index < -0.39 is 10.0 Å². The van der Waals surface area contributed by atoms with Crippen molar-refractivity contribution in [2.24, 2.45) is 0 Å². The average molecular weight is 366 g/mol. The van der Waals surface area contributed by atoms with Crippen LogP contribution >= 0.6 is 12.4 Å². The third-order valence-corrected chi connectivity index (χ3v) is 4.72. The highest BCUT2D eigenvalue weighted by Gasteiger charge is 2.16. The monoisotopic (exact) mass is 365 g/mol. The number of fused-ring (bicyclic) bond motifs is 1. The number of nitrogens with one attached hydrogen (secondary N) is 2. The molecular formula is C15H16ClN5O2S. The second-order valence-corrected chi connectivity index (χ2v) is 6.49. The molecule has 3 rings (SSSR count). The fourth-order valence-electron chi connectivity index (χ4n) is 2.15. The standard InChI is InChI=1S/C15H15N5O2S.ClH/c21-23(22,20-10-9-19-15-17-6-2-7-18-15)14-4-1-3-12-11-16-8-5-13(12)14;/h1-8,11,20H,9-10H2,(H,17,18,19);1H. The molecule has 0 aliphatic carbocycles. The molecule has 1 aromatic carbocycles. The number of benzene rings is 1. The van der Waals surface area contributed by atoms with E-state index in [-0.39, 0.29) is 23.8 Å². The summed E-state index contributed by atoms with van der Waals surface area (Å²) in [5.41, 5.74) is 0. The molecule has 2 N–H and O–H groups in total. The van der Waals surface area contributed by atoms with E-state index in [1.807, 2.05) is 6.07 Å². The van der Waals surface area contributed by atoms with Gasteiger partial charge in [0, 0.05) is 48.6 Å². The van der Waals surface area contributed by atoms with E-state index in [4.69, 9.17) is 0 Å². The van der Waals surface area contributed by atoms with Crippen LogP contribution in [0.4, 0.5) is 5.95 Å². The lowest BCUT2D eigenvalue weighted by atomic mass is 10.2. The zero-order chi connectivity index (χ0) is 16.1. The molecule has 0 saturated carbocycles. The number of pyridine rings is 1. The van der Waals surface area contributed by atoms with E-state index in [0.29, 0.717) is 17.9 Å². The molecule has 9 heteroatoms. The van der Waals surface area contributed by atoms with Crippen molar-refractivity contribution in [1.82, 2.24) is 19.7 Å². The lowest BCUT2D eigenvalue weighted by Crippen LogP contribution is -2.29. The first-order valence-corrected chi connectivity index (χ1v) is 8.48. The summed E-state index contributed by atoms with van der Waals surface area (Å²) >= 11 is 0. The number of sulfonamides is 1. The number of halogens is 1. The third kappa shape index (κ3) is 4.16. The van der Waals surface area contributed by atoms with Gasteiger partial charge in [0.1, 0.15) is 0 Å². The minimum atomic E-state index is -3.60. The molecule has 3 aromatic rings. The Bertz CT molecular complexity index is 901. The molecule has 0 radical (unpaired) electrons. The topological polar surface area (TPSA) is 96.9 Å². The number of anilines is 1. The van der Waals surface area contributed by atoms with Gasteiger partial charge in [0.05, 0.1) is 4.90 Å². The predicted octanol–water partition coefficient (Wildman–Crippen LogP) is 1.84. The number of hydrogen-bond acceptors (Lipinski definition) is 6. The van der Waals surface area contributed by atoms with E-state index in [2.05, 4.69) is 25.0 Å². The lowest BCUT2D eigenvalue weighted by molar-refractivity contribution is 0.583. The van der Waals surface area contributed by atoms with Gasteiger partial charge in [-0.3, -0.25) is 4.98 Å². The first kappa shape index (κ1) is 18.1. The second-order valence-electron chi connectivity index (χ2n) is 4.75. The van der Waals surface area contributed by atoms with Gasteiger partial charge in [-0.25, -0.2) is 23.1 Å². The molecule has 0 aliphatic rings. The minimum Gasteiger partial charge on any atom is -0.353 e. The molecular weight excluding hydrogens is 350 g/mol. The average Bonchev–Trinajstić information content (AvgIpc) is 2.59. The van der Waals surface area contributed by atoms with Crippen LogP contribution in [0.5, 0.6) is 0 Å². The van der Waals surface area contributed by atoms with Crippen LogP contribution in [0.25, 0.3) is 10.8 Å².